The highest BCUT2D eigenvalue weighted by molar-refractivity contribution is 6.33. The van der Waals surface area contributed by atoms with Gasteiger partial charge in [0, 0.05) is 37.4 Å². The summed E-state index contributed by atoms with van der Waals surface area (Å²) in [6.45, 7) is 0.571. The Hall–Kier alpha value is -3.45. The minimum absolute atomic E-state index is 0.345. The fraction of sp³-hybridized carbons (Fsp3) is 0.250. The van der Waals surface area contributed by atoms with Crippen LogP contribution in [0.25, 0.3) is 22.2 Å². The van der Waals surface area contributed by atoms with E-state index in [0.717, 1.165) is 15.7 Å². The van der Waals surface area contributed by atoms with E-state index < -0.39 is 0 Å². The molecule has 0 aliphatic heterocycles. The lowest BCUT2D eigenvalue weighted by molar-refractivity contribution is 0.354. The summed E-state index contributed by atoms with van der Waals surface area (Å²) in [4.78, 5) is 25.6. The molecule has 0 unspecified atom stereocenters. The van der Waals surface area contributed by atoms with Crippen LogP contribution in [-0.4, -0.2) is 27.9 Å². The smallest absolute Gasteiger partial charge is 0.330 e. The van der Waals surface area contributed by atoms with Crippen LogP contribution in [-0.2, 0) is 27.1 Å². The van der Waals surface area contributed by atoms with Crippen molar-refractivity contribution in [2.45, 2.75) is 13.0 Å². The van der Waals surface area contributed by atoms with Gasteiger partial charge in [-0.1, -0.05) is 35.9 Å². The number of nitrogens with zero attached hydrogens (tertiary/aromatic N) is 3. The van der Waals surface area contributed by atoms with Gasteiger partial charge < -0.3 is 14.0 Å². The molecule has 0 atom stereocenters. The monoisotopic (exact) mass is 453 g/mol. The molecule has 0 amide bonds. The summed E-state index contributed by atoms with van der Waals surface area (Å²) in [5.41, 5.74) is 2.34. The first-order valence-corrected chi connectivity index (χ1v) is 10.5. The number of aryl methyl sites for hydroxylation is 3. The molecule has 32 heavy (non-hydrogen) atoms. The van der Waals surface area contributed by atoms with Crippen LogP contribution < -0.4 is 20.7 Å². The van der Waals surface area contributed by atoms with Crippen molar-refractivity contribution in [1.29, 1.82) is 0 Å². The van der Waals surface area contributed by atoms with E-state index in [1.54, 1.807) is 27.3 Å². The molecule has 2 aromatic heterocycles. The van der Waals surface area contributed by atoms with E-state index >= 15 is 0 Å². The molecule has 0 aliphatic rings. The molecule has 0 spiro atoms. The second kappa shape index (κ2) is 8.59. The summed E-state index contributed by atoms with van der Waals surface area (Å²) in [7, 11) is 6.36. The summed E-state index contributed by atoms with van der Waals surface area (Å²) in [6, 6.07) is 13.2. The molecule has 2 heterocycles. The fourth-order valence-corrected chi connectivity index (χ4v) is 4.22. The van der Waals surface area contributed by atoms with E-state index in [2.05, 4.69) is 0 Å². The molecule has 0 N–H and O–H groups in total. The van der Waals surface area contributed by atoms with E-state index in [0.29, 0.717) is 46.1 Å². The topological polar surface area (TPSA) is 67.4 Å². The number of fused-ring (bicyclic) bond motifs is 1. The maximum Gasteiger partial charge on any atom is 0.330 e. The lowest BCUT2D eigenvalue weighted by Gasteiger charge is -2.13. The van der Waals surface area contributed by atoms with E-state index in [-0.39, 0.29) is 11.2 Å². The molecule has 2 aromatic carbocycles. The molecular formula is C24H24ClN3O4. The van der Waals surface area contributed by atoms with E-state index in [1.807, 2.05) is 47.2 Å². The number of ether oxygens (including phenoxy) is 2. The Labute approximate surface area is 190 Å². The normalized spacial score (nSPS) is 11.2. The van der Waals surface area contributed by atoms with Gasteiger partial charge in [-0.15, -0.1) is 0 Å². The van der Waals surface area contributed by atoms with Crippen LogP contribution in [0.3, 0.4) is 0 Å². The lowest BCUT2D eigenvalue weighted by atomic mass is 10.1. The van der Waals surface area contributed by atoms with Crippen molar-refractivity contribution in [3.8, 4) is 22.8 Å². The van der Waals surface area contributed by atoms with Crippen LogP contribution in [0.5, 0.6) is 11.5 Å². The number of halogens is 1. The standard InChI is InChI=1S/C24H24ClN3O4/c1-26-18-14-28(12-11-15-9-10-19(31-3)20(13-15)32-4)22(16-7-5-6-8-17(16)25)21(18)23(29)27(2)24(26)30/h5-10,13-14H,11-12H2,1-4H3. The predicted molar refractivity (Wildman–Crippen MR) is 126 cm³/mol. The van der Waals surface area contributed by atoms with Crippen molar-refractivity contribution in [3.63, 3.8) is 0 Å². The number of rotatable bonds is 6. The zero-order chi connectivity index (χ0) is 23.0. The van der Waals surface area contributed by atoms with Crippen molar-refractivity contribution in [3.05, 3.63) is 80.1 Å². The Morgan fingerprint density at radius 2 is 1.66 bits per heavy atom. The average Bonchev–Trinajstić information content (AvgIpc) is 3.19. The van der Waals surface area contributed by atoms with Crippen molar-refractivity contribution in [2.75, 3.05) is 14.2 Å². The number of methoxy groups -OCH3 is 2. The zero-order valence-corrected chi connectivity index (χ0v) is 19.1. The molecule has 0 bridgehead atoms. The van der Waals surface area contributed by atoms with Crippen molar-refractivity contribution in [1.82, 2.24) is 13.7 Å². The molecule has 166 valence electrons. The molecule has 0 fully saturated rings. The van der Waals surface area contributed by atoms with Crippen LogP contribution in [0.15, 0.2) is 58.3 Å². The van der Waals surface area contributed by atoms with E-state index in [9.17, 15) is 9.59 Å². The van der Waals surface area contributed by atoms with Gasteiger partial charge in [0.25, 0.3) is 5.56 Å². The highest BCUT2D eigenvalue weighted by Gasteiger charge is 2.20. The maximum absolute atomic E-state index is 13.1. The van der Waals surface area contributed by atoms with E-state index in [1.165, 1.54) is 11.6 Å². The van der Waals surface area contributed by atoms with Crippen molar-refractivity contribution < 1.29 is 9.47 Å². The quantitative estimate of drug-likeness (QED) is 0.447. The highest BCUT2D eigenvalue weighted by Crippen LogP contribution is 2.34. The lowest BCUT2D eigenvalue weighted by Crippen LogP contribution is -2.36. The first-order chi connectivity index (χ1) is 15.4. The Morgan fingerprint density at radius 3 is 2.34 bits per heavy atom. The first kappa shape index (κ1) is 21.8. The van der Waals surface area contributed by atoms with Crippen LogP contribution in [0.2, 0.25) is 5.02 Å². The Bertz CT molecular complexity index is 1430. The highest BCUT2D eigenvalue weighted by atomic mass is 35.5. The van der Waals surface area contributed by atoms with Gasteiger partial charge in [0.15, 0.2) is 11.5 Å². The molecule has 0 saturated heterocycles. The molecule has 7 nitrogen and oxygen atoms in total. The number of benzene rings is 2. The molecule has 4 rings (SSSR count). The molecular weight excluding hydrogens is 430 g/mol. The van der Waals surface area contributed by atoms with Crippen LogP contribution in [0, 0.1) is 0 Å². The summed E-state index contributed by atoms with van der Waals surface area (Å²) in [5, 5.41) is 1.01. The third-order valence-electron chi connectivity index (χ3n) is 5.73. The van der Waals surface area contributed by atoms with Crippen LogP contribution in [0.4, 0.5) is 0 Å². The molecule has 0 aliphatic carbocycles. The van der Waals surface area contributed by atoms with Gasteiger partial charge in [0.2, 0.25) is 0 Å². The van der Waals surface area contributed by atoms with Crippen LogP contribution in [0.1, 0.15) is 5.56 Å². The second-order valence-corrected chi connectivity index (χ2v) is 7.96. The van der Waals surface area contributed by atoms with Gasteiger partial charge in [-0.25, -0.2) is 4.79 Å². The Morgan fingerprint density at radius 1 is 0.938 bits per heavy atom. The molecule has 4 aromatic rings. The zero-order valence-electron chi connectivity index (χ0n) is 18.4. The summed E-state index contributed by atoms with van der Waals surface area (Å²) in [6.07, 6.45) is 2.52. The minimum Gasteiger partial charge on any atom is -0.493 e. The van der Waals surface area contributed by atoms with Crippen LogP contribution >= 0.6 is 11.6 Å². The Balaban J connectivity index is 1.88. The largest absolute Gasteiger partial charge is 0.493 e. The van der Waals surface area contributed by atoms with Crippen molar-refractivity contribution >= 4 is 22.5 Å². The minimum atomic E-state index is -0.370. The van der Waals surface area contributed by atoms with Gasteiger partial charge in [-0.2, -0.15) is 0 Å². The predicted octanol–water partition coefficient (Wildman–Crippen LogP) is 3.62. The number of hydrogen-bond donors (Lipinski definition) is 0. The fourth-order valence-electron chi connectivity index (χ4n) is 3.99. The Kier molecular flexibility index (Phi) is 5.84. The molecule has 0 saturated carbocycles. The molecule has 0 radical (unpaired) electrons. The first-order valence-electron chi connectivity index (χ1n) is 10.1. The van der Waals surface area contributed by atoms with Gasteiger partial charge >= 0.3 is 5.69 Å². The van der Waals surface area contributed by atoms with Crippen molar-refractivity contribution in [2.24, 2.45) is 14.1 Å². The third-order valence-corrected chi connectivity index (χ3v) is 6.06. The van der Waals surface area contributed by atoms with Gasteiger partial charge in [0.1, 0.15) is 0 Å². The van der Waals surface area contributed by atoms with Gasteiger partial charge in [0.05, 0.1) is 30.8 Å². The summed E-state index contributed by atoms with van der Waals surface area (Å²) < 4.78 is 15.3. The summed E-state index contributed by atoms with van der Waals surface area (Å²) >= 11 is 6.52. The van der Waals surface area contributed by atoms with Gasteiger partial charge in [-0.05, 0) is 30.2 Å². The average molecular weight is 454 g/mol. The van der Waals surface area contributed by atoms with Gasteiger partial charge in [-0.3, -0.25) is 13.9 Å². The number of aromatic nitrogens is 3. The summed E-state index contributed by atoms with van der Waals surface area (Å²) in [5.74, 6) is 1.32. The maximum atomic E-state index is 13.1. The third kappa shape index (κ3) is 3.58. The van der Waals surface area contributed by atoms with E-state index in [4.69, 9.17) is 21.1 Å². The number of hydrogen-bond acceptors (Lipinski definition) is 4. The second-order valence-electron chi connectivity index (χ2n) is 7.56. The molecule has 8 heteroatoms. The SMILES string of the molecule is COc1ccc(CCn2cc3c(c2-c2ccccc2Cl)c(=O)n(C)c(=O)n3C)cc1OC.